The average Bonchev–Trinajstić information content (AvgIpc) is 3.38. The summed E-state index contributed by atoms with van der Waals surface area (Å²) < 4.78 is 12.4. The zero-order chi connectivity index (χ0) is 34.4. The molecule has 1 unspecified atom stereocenters. The number of carboxylic acids is 1. The number of anilines is 1. The maximum atomic E-state index is 12.5. The summed E-state index contributed by atoms with van der Waals surface area (Å²) in [4.78, 5) is 32.4. The van der Waals surface area contributed by atoms with E-state index in [1.54, 1.807) is 53.6 Å². The number of aromatic carboxylic acids is 1. The molecule has 1 amide bonds. The average molecular weight is 678 g/mol. The number of benzene rings is 4. The first-order valence-electron chi connectivity index (χ1n) is 15.4. The quantitative estimate of drug-likeness (QED) is 0.145. The molecule has 49 heavy (non-hydrogen) atoms. The largest absolute Gasteiger partial charge is 0.508 e. The number of carbonyl (C=O) groups excluding carboxylic acids is 1. The van der Waals surface area contributed by atoms with E-state index in [9.17, 15) is 24.9 Å². The number of nitrogens with zero attached hydrogens (tertiary/aromatic N) is 3. The summed E-state index contributed by atoms with van der Waals surface area (Å²) in [6.07, 6.45) is 1.66. The fourth-order valence-electron chi connectivity index (χ4n) is 6.39. The Hall–Kier alpha value is -6.08. The Morgan fingerprint density at radius 3 is 2.59 bits per heavy atom. The Bertz CT molecular complexity index is 2080. The first-order valence-corrected chi connectivity index (χ1v) is 15.9. The third-order valence-corrected chi connectivity index (χ3v) is 8.94. The number of nitrogens with one attached hydrogen (secondary N) is 1. The lowest BCUT2D eigenvalue weighted by atomic mass is 9.80. The SMILES string of the molecule is CC1NC2=CN=C(c3ccc(OCCN(C(N)=S)c4c(O)ccc5c4Oc4cc(O)ccc4[C@H]5c4ccccc4C(=O)O)cc3)CN2C1=O. The Labute approximate surface area is 286 Å². The summed E-state index contributed by atoms with van der Waals surface area (Å²) in [6.45, 7) is 2.41. The summed E-state index contributed by atoms with van der Waals surface area (Å²) in [5, 5.41) is 34.6. The van der Waals surface area contributed by atoms with Crippen molar-refractivity contribution in [1.82, 2.24) is 10.2 Å². The van der Waals surface area contributed by atoms with Gasteiger partial charge in [-0.1, -0.05) is 30.3 Å². The number of thiocarbonyl (C=S) groups is 1. The van der Waals surface area contributed by atoms with E-state index in [1.165, 1.54) is 29.2 Å². The van der Waals surface area contributed by atoms with Crippen LogP contribution in [0.2, 0.25) is 0 Å². The van der Waals surface area contributed by atoms with Crippen molar-refractivity contribution in [2.24, 2.45) is 10.7 Å². The number of phenolic OH excluding ortho intramolecular Hbond substituents is 2. The second kappa shape index (κ2) is 12.5. The third kappa shape index (κ3) is 5.74. The highest BCUT2D eigenvalue weighted by molar-refractivity contribution is 7.80. The van der Waals surface area contributed by atoms with E-state index in [-0.39, 0.29) is 64.5 Å². The normalized spacial score (nSPS) is 17.4. The highest BCUT2D eigenvalue weighted by Crippen LogP contribution is 2.54. The minimum absolute atomic E-state index is 0.0000446. The van der Waals surface area contributed by atoms with Crippen molar-refractivity contribution in [1.29, 1.82) is 0 Å². The summed E-state index contributed by atoms with van der Waals surface area (Å²) in [7, 11) is 0. The monoisotopic (exact) mass is 677 g/mol. The molecule has 0 aliphatic carbocycles. The predicted octanol–water partition coefficient (Wildman–Crippen LogP) is 4.63. The Morgan fingerprint density at radius 2 is 1.84 bits per heavy atom. The van der Waals surface area contributed by atoms with E-state index in [0.29, 0.717) is 34.8 Å². The number of phenols is 2. The van der Waals surface area contributed by atoms with E-state index in [0.717, 1.165) is 11.3 Å². The van der Waals surface area contributed by atoms with Gasteiger partial charge in [0.1, 0.15) is 47.2 Å². The molecule has 12 nitrogen and oxygen atoms in total. The van der Waals surface area contributed by atoms with Crippen molar-refractivity contribution in [2.75, 3.05) is 24.6 Å². The molecule has 3 aliphatic rings. The predicted molar refractivity (Wildman–Crippen MR) is 186 cm³/mol. The second-order valence-electron chi connectivity index (χ2n) is 11.7. The molecule has 6 N–H and O–H groups in total. The first kappa shape index (κ1) is 31.5. The maximum absolute atomic E-state index is 12.5. The van der Waals surface area contributed by atoms with Gasteiger partial charge in [0.15, 0.2) is 10.9 Å². The van der Waals surface area contributed by atoms with E-state index in [2.05, 4.69) is 10.3 Å². The smallest absolute Gasteiger partial charge is 0.335 e. The van der Waals surface area contributed by atoms with Crippen LogP contribution in [-0.4, -0.2) is 68.7 Å². The van der Waals surface area contributed by atoms with Crippen LogP contribution in [0.4, 0.5) is 5.69 Å². The molecular weight excluding hydrogens is 646 g/mol. The lowest BCUT2D eigenvalue weighted by molar-refractivity contribution is -0.127. The highest BCUT2D eigenvalue weighted by Gasteiger charge is 2.36. The number of aromatic hydroxyl groups is 2. The van der Waals surface area contributed by atoms with Gasteiger partial charge >= 0.3 is 5.97 Å². The van der Waals surface area contributed by atoms with Crippen LogP contribution in [0.15, 0.2) is 95.9 Å². The zero-order valence-corrected chi connectivity index (χ0v) is 27.0. The van der Waals surface area contributed by atoms with Crippen molar-refractivity contribution in [3.8, 4) is 28.7 Å². The van der Waals surface area contributed by atoms with Gasteiger partial charge in [-0.25, -0.2) is 4.79 Å². The number of hydrogen-bond donors (Lipinski definition) is 5. The lowest BCUT2D eigenvalue weighted by Gasteiger charge is -2.34. The van der Waals surface area contributed by atoms with Crippen molar-refractivity contribution >= 4 is 40.6 Å². The molecule has 0 radical (unpaired) electrons. The van der Waals surface area contributed by atoms with Crippen molar-refractivity contribution in [3.63, 3.8) is 0 Å². The summed E-state index contributed by atoms with van der Waals surface area (Å²) in [5.74, 6) is -0.161. The minimum Gasteiger partial charge on any atom is -0.508 e. The molecule has 1 saturated heterocycles. The molecule has 0 bridgehead atoms. The molecule has 1 fully saturated rings. The van der Waals surface area contributed by atoms with Gasteiger partial charge in [-0.2, -0.15) is 0 Å². The molecule has 4 aromatic carbocycles. The van der Waals surface area contributed by atoms with Crippen LogP contribution in [0.5, 0.6) is 28.7 Å². The van der Waals surface area contributed by atoms with Gasteiger partial charge in [0.2, 0.25) is 0 Å². The fraction of sp³-hybridized carbons (Fsp3) is 0.167. The van der Waals surface area contributed by atoms with Crippen LogP contribution in [0.1, 0.15) is 45.5 Å². The van der Waals surface area contributed by atoms with Gasteiger partial charge in [0, 0.05) is 23.1 Å². The van der Waals surface area contributed by atoms with Gasteiger partial charge < -0.3 is 40.7 Å². The minimum atomic E-state index is -1.09. The number of ether oxygens (including phenoxy) is 2. The van der Waals surface area contributed by atoms with Crippen LogP contribution in [0.25, 0.3) is 0 Å². The lowest BCUT2D eigenvalue weighted by Crippen LogP contribution is -2.39. The van der Waals surface area contributed by atoms with Crippen LogP contribution < -0.4 is 25.4 Å². The molecule has 13 heteroatoms. The molecule has 248 valence electrons. The third-order valence-electron chi connectivity index (χ3n) is 8.72. The van der Waals surface area contributed by atoms with Crippen LogP contribution >= 0.6 is 12.2 Å². The molecule has 0 spiro atoms. The highest BCUT2D eigenvalue weighted by atomic mass is 32.1. The number of carboxylic acid groups (broad SMARTS) is 1. The number of nitrogens with two attached hydrogens (primary N) is 1. The molecule has 3 aliphatic heterocycles. The molecule has 0 aromatic heterocycles. The number of fused-ring (bicyclic) bond motifs is 3. The first-order chi connectivity index (χ1) is 23.6. The molecule has 4 aromatic rings. The molecule has 0 saturated carbocycles. The van der Waals surface area contributed by atoms with Gasteiger partial charge in [-0.05, 0) is 72.7 Å². The number of hydrogen-bond acceptors (Lipinski definition) is 9. The van der Waals surface area contributed by atoms with Gasteiger partial charge in [-0.15, -0.1) is 0 Å². The van der Waals surface area contributed by atoms with E-state index in [4.69, 9.17) is 27.4 Å². The van der Waals surface area contributed by atoms with E-state index < -0.39 is 11.9 Å². The number of carbonyl (C=O) groups is 2. The topological polar surface area (TPSA) is 170 Å². The Morgan fingerprint density at radius 1 is 1.08 bits per heavy atom. The fourth-order valence-corrected chi connectivity index (χ4v) is 6.57. The standard InChI is InChI=1S/C36H31N5O7S/c1-19-34(44)41-18-27(38-17-30(41)39-19)20-6-9-22(10-7-20)47-15-14-40(36(37)49)32-28(43)13-12-26-31(23-4-2-3-5-24(23)35(45)46)25-11-8-21(42)16-29(25)48-33(26)32/h2-13,16-17,19,31,39,42-43H,14-15,18H2,1H3,(H2,37,49)(H,45,46)/t19?,31-/m1/s1. The summed E-state index contributed by atoms with van der Waals surface area (Å²) in [6, 6.07) is 21.5. The van der Waals surface area contributed by atoms with Crippen molar-refractivity contribution in [2.45, 2.75) is 18.9 Å². The van der Waals surface area contributed by atoms with Gasteiger partial charge in [-0.3, -0.25) is 14.7 Å². The van der Waals surface area contributed by atoms with Crippen LogP contribution in [0, 0.1) is 0 Å². The molecular formula is C36H31N5O7S. The van der Waals surface area contributed by atoms with Gasteiger partial charge in [0.25, 0.3) is 5.91 Å². The number of rotatable bonds is 8. The zero-order valence-electron chi connectivity index (χ0n) is 26.2. The van der Waals surface area contributed by atoms with E-state index >= 15 is 0 Å². The van der Waals surface area contributed by atoms with Crippen LogP contribution in [0.3, 0.4) is 0 Å². The summed E-state index contributed by atoms with van der Waals surface area (Å²) >= 11 is 5.42. The van der Waals surface area contributed by atoms with Crippen molar-refractivity contribution < 1.29 is 34.4 Å². The number of amides is 1. The van der Waals surface area contributed by atoms with Gasteiger partial charge in [0.05, 0.1) is 30.6 Å². The number of aliphatic imine (C=N–C) groups is 1. The molecule has 7 rings (SSSR count). The van der Waals surface area contributed by atoms with E-state index in [1.807, 2.05) is 19.1 Å². The second-order valence-corrected chi connectivity index (χ2v) is 12.2. The Kier molecular flexibility index (Phi) is 8.04. The van der Waals surface area contributed by atoms with Crippen LogP contribution in [-0.2, 0) is 4.79 Å². The Balaban J connectivity index is 1.15. The molecule has 3 heterocycles. The summed E-state index contributed by atoms with van der Waals surface area (Å²) in [5.41, 5.74) is 9.81. The molecule has 2 atom stereocenters. The van der Waals surface area contributed by atoms with Crippen molar-refractivity contribution in [3.05, 3.63) is 119 Å². The maximum Gasteiger partial charge on any atom is 0.335 e.